The molecule has 0 bridgehead atoms. The molecule has 2 nitrogen and oxygen atoms in total. The zero-order valence-electron chi connectivity index (χ0n) is 11.2. The fraction of sp³-hybridized carbons (Fsp3) is 0.533. The van der Waals surface area contributed by atoms with Crippen LogP contribution < -0.4 is 5.43 Å². The number of unbranched alkanes of at least 4 members (excludes halogenated alkanes) is 2. The molecule has 0 radical (unpaired) electrons. The highest BCUT2D eigenvalue weighted by atomic mass is 15.3. The maximum atomic E-state index is 4.21. The number of hydrogen-bond acceptors (Lipinski definition) is 2. The molecule has 17 heavy (non-hydrogen) atoms. The van der Waals surface area contributed by atoms with Gasteiger partial charge in [0.1, 0.15) is 0 Å². The zero-order valence-corrected chi connectivity index (χ0v) is 11.2. The highest BCUT2D eigenvalue weighted by Crippen LogP contribution is 2.05. The van der Waals surface area contributed by atoms with Crippen LogP contribution in [0.5, 0.6) is 0 Å². The van der Waals surface area contributed by atoms with Crippen LogP contribution in [-0.4, -0.2) is 11.8 Å². The summed E-state index contributed by atoms with van der Waals surface area (Å²) in [6.07, 6.45) is 6.63. The fourth-order valence-electron chi connectivity index (χ4n) is 1.51. The Morgan fingerprint density at radius 3 is 2.47 bits per heavy atom. The van der Waals surface area contributed by atoms with Gasteiger partial charge in [-0.2, -0.15) is 5.10 Å². The maximum Gasteiger partial charge on any atom is 0.0464 e. The number of aryl methyl sites for hydroxylation is 1. The van der Waals surface area contributed by atoms with E-state index in [0.717, 1.165) is 6.42 Å². The lowest BCUT2D eigenvalue weighted by Crippen LogP contribution is -2.31. The minimum absolute atomic E-state index is 0.0700. The predicted octanol–water partition coefficient (Wildman–Crippen LogP) is 3.77. The lowest BCUT2D eigenvalue weighted by atomic mass is 10.1. The first-order valence-electron chi connectivity index (χ1n) is 6.40. The fourth-order valence-corrected chi connectivity index (χ4v) is 1.51. The summed E-state index contributed by atoms with van der Waals surface area (Å²) in [6.45, 7) is 6.33. The molecule has 0 aliphatic carbocycles. The van der Waals surface area contributed by atoms with Gasteiger partial charge < -0.3 is 5.43 Å². The predicted molar refractivity (Wildman–Crippen MR) is 75.4 cm³/mol. The molecule has 0 aliphatic heterocycles. The maximum absolute atomic E-state index is 4.21. The van der Waals surface area contributed by atoms with E-state index < -0.39 is 0 Å². The van der Waals surface area contributed by atoms with Crippen LogP contribution in [0.15, 0.2) is 35.4 Å². The molecule has 2 heteroatoms. The Morgan fingerprint density at radius 1 is 1.12 bits per heavy atom. The Balaban J connectivity index is 2.05. The molecule has 1 aromatic rings. The van der Waals surface area contributed by atoms with Gasteiger partial charge in [0.25, 0.3) is 0 Å². The largest absolute Gasteiger partial charge is 0.305 e. The number of benzene rings is 1. The summed E-state index contributed by atoms with van der Waals surface area (Å²) in [5, 5.41) is 4.21. The smallest absolute Gasteiger partial charge is 0.0464 e. The summed E-state index contributed by atoms with van der Waals surface area (Å²) in [5.41, 5.74) is 4.60. The third-order valence-corrected chi connectivity index (χ3v) is 2.38. The Kier molecular flexibility index (Phi) is 5.75. The van der Waals surface area contributed by atoms with Gasteiger partial charge in [-0.15, -0.1) is 0 Å². The first-order valence-corrected chi connectivity index (χ1v) is 6.40. The van der Waals surface area contributed by atoms with Crippen LogP contribution >= 0.6 is 0 Å². The van der Waals surface area contributed by atoms with Crippen molar-refractivity contribution in [2.24, 2.45) is 5.10 Å². The van der Waals surface area contributed by atoms with Gasteiger partial charge in [0.15, 0.2) is 0 Å². The number of nitrogens with one attached hydrogen (secondary N) is 1. The molecular formula is C15H24N2. The molecule has 0 atom stereocenters. The van der Waals surface area contributed by atoms with Gasteiger partial charge in [0.2, 0.25) is 0 Å². The number of hydrogen-bond donors (Lipinski definition) is 1. The summed E-state index contributed by atoms with van der Waals surface area (Å²) >= 11 is 0. The minimum Gasteiger partial charge on any atom is -0.305 e. The van der Waals surface area contributed by atoms with Gasteiger partial charge in [-0.25, -0.2) is 0 Å². The van der Waals surface area contributed by atoms with Gasteiger partial charge in [-0.1, -0.05) is 30.3 Å². The molecule has 0 saturated heterocycles. The normalized spacial score (nSPS) is 11.9. The standard InChI is InChI=1S/C15H24N2/c1-15(2,3)17-16-13-9-5-8-12-14-10-6-4-7-11-14/h4,6-7,10-11,13,17H,5,8-9,12H2,1-3H3. The molecule has 0 saturated carbocycles. The number of nitrogens with zero attached hydrogens (tertiary/aromatic N) is 1. The molecule has 1 rings (SSSR count). The summed E-state index contributed by atoms with van der Waals surface area (Å²) in [6, 6.07) is 10.6. The second-order valence-electron chi connectivity index (χ2n) is 5.40. The molecule has 94 valence electrons. The SMILES string of the molecule is CC(C)(C)NN=CCCCCc1ccccc1. The van der Waals surface area contributed by atoms with Gasteiger partial charge >= 0.3 is 0 Å². The van der Waals surface area contributed by atoms with E-state index in [1.807, 2.05) is 6.21 Å². The van der Waals surface area contributed by atoms with Crippen molar-refractivity contribution in [3.8, 4) is 0 Å². The molecular weight excluding hydrogens is 208 g/mol. The Hall–Kier alpha value is -1.31. The minimum atomic E-state index is 0.0700. The van der Waals surface area contributed by atoms with Crippen molar-refractivity contribution in [1.29, 1.82) is 0 Å². The van der Waals surface area contributed by atoms with Gasteiger partial charge in [0.05, 0.1) is 0 Å². The Labute approximate surface area is 105 Å². The molecule has 1 N–H and O–H groups in total. The third kappa shape index (κ3) is 7.56. The van der Waals surface area contributed by atoms with Crippen LogP contribution in [0, 0.1) is 0 Å². The summed E-state index contributed by atoms with van der Waals surface area (Å²) < 4.78 is 0. The van der Waals surface area contributed by atoms with Gasteiger partial charge in [0, 0.05) is 11.8 Å². The molecule has 0 fully saturated rings. The van der Waals surface area contributed by atoms with Crippen molar-refractivity contribution in [2.75, 3.05) is 0 Å². The summed E-state index contributed by atoms with van der Waals surface area (Å²) in [7, 11) is 0. The van der Waals surface area contributed by atoms with E-state index in [2.05, 4.69) is 61.6 Å². The van der Waals surface area contributed by atoms with E-state index in [0.29, 0.717) is 0 Å². The van der Waals surface area contributed by atoms with E-state index in [-0.39, 0.29) is 5.54 Å². The van der Waals surface area contributed by atoms with Crippen molar-refractivity contribution in [1.82, 2.24) is 5.43 Å². The van der Waals surface area contributed by atoms with Crippen molar-refractivity contribution >= 4 is 6.21 Å². The lowest BCUT2D eigenvalue weighted by molar-refractivity contribution is 0.441. The van der Waals surface area contributed by atoms with Gasteiger partial charge in [-0.3, -0.25) is 0 Å². The van der Waals surface area contributed by atoms with E-state index in [9.17, 15) is 0 Å². The average Bonchev–Trinajstić information content (AvgIpc) is 2.28. The first kappa shape index (κ1) is 13.8. The average molecular weight is 232 g/mol. The van der Waals surface area contributed by atoms with E-state index in [1.54, 1.807) is 0 Å². The third-order valence-electron chi connectivity index (χ3n) is 2.38. The Morgan fingerprint density at radius 2 is 1.82 bits per heavy atom. The van der Waals surface area contributed by atoms with E-state index in [1.165, 1.54) is 24.8 Å². The first-order chi connectivity index (χ1) is 8.08. The van der Waals surface area contributed by atoms with Crippen molar-refractivity contribution in [3.05, 3.63) is 35.9 Å². The van der Waals surface area contributed by atoms with Crippen LogP contribution in [0.4, 0.5) is 0 Å². The highest BCUT2D eigenvalue weighted by Gasteiger charge is 2.05. The monoisotopic (exact) mass is 232 g/mol. The Bertz CT molecular complexity index is 323. The molecule has 0 aliphatic rings. The topological polar surface area (TPSA) is 24.4 Å². The molecule has 0 aromatic heterocycles. The summed E-state index contributed by atoms with van der Waals surface area (Å²) in [5.74, 6) is 0. The molecule has 0 unspecified atom stereocenters. The van der Waals surface area contributed by atoms with Crippen LogP contribution in [0.2, 0.25) is 0 Å². The van der Waals surface area contributed by atoms with Crippen LogP contribution in [-0.2, 0) is 6.42 Å². The highest BCUT2D eigenvalue weighted by molar-refractivity contribution is 5.56. The zero-order chi connectivity index (χ0) is 12.6. The van der Waals surface area contributed by atoms with Crippen molar-refractivity contribution in [2.45, 2.75) is 52.0 Å². The summed E-state index contributed by atoms with van der Waals surface area (Å²) in [4.78, 5) is 0. The molecule has 0 heterocycles. The van der Waals surface area contributed by atoms with Crippen molar-refractivity contribution in [3.63, 3.8) is 0 Å². The van der Waals surface area contributed by atoms with Crippen LogP contribution in [0.1, 0.15) is 45.6 Å². The number of hydrazone groups is 1. The van der Waals surface area contributed by atoms with Gasteiger partial charge in [-0.05, 0) is 52.0 Å². The van der Waals surface area contributed by atoms with E-state index in [4.69, 9.17) is 0 Å². The second kappa shape index (κ2) is 7.10. The van der Waals surface area contributed by atoms with E-state index >= 15 is 0 Å². The van der Waals surface area contributed by atoms with Crippen LogP contribution in [0.3, 0.4) is 0 Å². The van der Waals surface area contributed by atoms with Crippen molar-refractivity contribution < 1.29 is 0 Å². The quantitative estimate of drug-likeness (QED) is 0.450. The molecule has 0 amide bonds. The molecule has 0 spiro atoms. The lowest BCUT2D eigenvalue weighted by Gasteiger charge is -2.16. The second-order valence-corrected chi connectivity index (χ2v) is 5.40. The molecule has 1 aromatic carbocycles. The number of rotatable bonds is 6. The van der Waals surface area contributed by atoms with Crippen LogP contribution in [0.25, 0.3) is 0 Å².